The van der Waals surface area contributed by atoms with Crippen molar-refractivity contribution in [3.63, 3.8) is 0 Å². The van der Waals surface area contributed by atoms with Gasteiger partial charge in [0, 0.05) is 11.1 Å². The van der Waals surface area contributed by atoms with Gasteiger partial charge in [0.1, 0.15) is 5.82 Å². The van der Waals surface area contributed by atoms with E-state index in [1.54, 1.807) is 0 Å². The third kappa shape index (κ3) is 4.26. The highest BCUT2D eigenvalue weighted by molar-refractivity contribution is 5.85. The number of aromatic nitrogens is 2. The summed E-state index contributed by atoms with van der Waals surface area (Å²) in [6.45, 7) is 4.59. The number of halogens is 1. The fourth-order valence-electron chi connectivity index (χ4n) is 4.02. The van der Waals surface area contributed by atoms with Crippen molar-refractivity contribution in [2.45, 2.75) is 38.6 Å². The van der Waals surface area contributed by atoms with Crippen LogP contribution >= 0.6 is 12.4 Å². The third-order valence-electron chi connectivity index (χ3n) is 5.27. The molecule has 3 nitrogen and oxygen atoms in total. The Morgan fingerprint density at radius 2 is 1.63 bits per heavy atom. The number of hydrogen-bond acceptors (Lipinski definition) is 2. The molecule has 27 heavy (non-hydrogen) atoms. The van der Waals surface area contributed by atoms with Crippen LogP contribution in [0.5, 0.6) is 0 Å². The Labute approximate surface area is 168 Å². The van der Waals surface area contributed by atoms with Crippen LogP contribution in [0.25, 0.3) is 22.5 Å². The maximum atomic E-state index is 5.12. The van der Waals surface area contributed by atoms with E-state index in [2.05, 4.69) is 77.5 Å². The van der Waals surface area contributed by atoms with Crippen LogP contribution in [0.3, 0.4) is 0 Å². The van der Waals surface area contributed by atoms with Gasteiger partial charge >= 0.3 is 0 Å². The molecule has 1 aliphatic heterocycles. The quantitative estimate of drug-likeness (QED) is 0.578. The van der Waals surface area contributed by atoms with E-state index in [4.69, 9.17) is 4.98 Å². The molecule has 0 spiro atoms. The predicted octanol–water partition coefficient (Wildman–Crippen LogP) is 6.10. The molecule has 1 unspecified atom stereocenters. The van der Waals surface area contributed by atoms with Crippen molar-refractivity contribution in [1.82, 2.24) is 14.9 Å². The predicted molar refractivity (Wildman–Crippen MR) is 115 cm³/mol. The minimum Gasteiger partial charge on any atom is -0.340 e. The van der Waals surface area contributed by atoms with Gasteiger partial charge in [0.05, 0.1) is 17.4 Å². The van der Waals surface area contributed by atoms with Crippen molar-refractivity contribution in [1.29, 1.82) is 0 Å². The first-order chi connectivity index (χ1) is 12.9. The van der Waals surface area contributed by atoms with Gasteiger partial charge in [-0.3, -0.25) is 4.90 Å². The van der Waals surface area contributed by atoms with Crippen LogP contribution in [0.4, 0.5) is 0 Å². The first-order valence-electron chi connectivity index (χ1n) is 9.81. The smallest absolute Gasteiger partial charge is 0.124 e. The highest BCUT2D eigenvalue weighted by Gasteiger charge is 2.27. The van der Waals surface area contributed by atoms with E-state index in [9.17, 15) is 0 Å². The molecule has 0 radical (unpaired) electrons. The van der Waals surface area contributed by atoms with Crippen LogP contribution < -0.4 is 0 Å². The molecule has 0 bridgehead atoms. The van der Waals surface area contributed by atoms with Crippen molar-refractivity contribution in [2.75, 3.05) is 13.1 Å². The molecular weight excluding hydrogens is 354 g/mol. The lowest BCUT2D eigenvalue weighted by Gasteiger charge is -2.34. The number of rotatable bonds is 5. The van der Waals surface area contributed by atoms with Crippen LogP contribution in [0.15, 0.2) is 60.7 Å². The van der Waals surface area contributed by atoms with Gasteiger partial charge in [0.15, 0.2) is 0 Å². The third-order valence-corrected chi connectivity index (χ3v) is 5.27. The Bertz CT molecular complexity index is 770. The summed E-state index contributed by atoms with van der Waals surface area (Å²) < 4.78 is 0. The summed E-state index contributed by atoms with van der Waals surface area (Å²) >= 11 is 0. The highest BCUT2D eigenvalue weighted by Crippen LogP contribution is 2.35. The van der Waals surface area contributed by atoms with Crippen LogP contribution in [0.2, 0.25) is 0 Å². The van der Waals surface area contributed by atoms with Gasteiger partial charge in [-0.1, -0.05) is 74.0 Å². The van der Waals surface area contributed by atoms with E-state index < -0.39 is 0 Å². The number of aromatic amines is 1. The largest absolute Gasteiger partial charge is 0.340 e. The van der Waals surface area contributed by atoms with Gasteiger partial charge in [-0.2, -0.15) is 0 Å². The Hall–Kier alpha value is -2.10. The number of nitrogens with zero attached hydrogens (tertiary/aromatic N) is 2. The lowest BCUT2D eigenvalue weighted by molar-refractivity contribution is 0.143. The number of piperidine rings is 1. The molecule has 142 valence electrons. The van der Waals surface area contributed by atoms with E-state index in [1.807, 2.05) is 0 Å². The van der Waals surface area contributed by atoms with Crippen LogP contribution in [-0.2, 0) is 0 Å². The van der Waals surface area contributed by atoms with E-state index in [1.165, 1.54) is 43.4 Å². The first kappa shape index (κ1) is 19.7. The lowest BCUT2D eigenvalue weighted by atomic mass is 10.0. The molecule has 4 heteroatoms. The maximum absolute atomic E-state index is 5.12. The number of likely N-dealkylation sites (tertiary alicyclic amines) is 1. The molecule has 0 aliphatic carbocycles. The van der Waals surface area contributed by atoms with Gasteiger partial charge in [-0.25, -0.2) is 4.98 Å². The van der Waals surface area contributed by atoms with Gasteiger partial charge in [0.2, 0.25) is 0 Å². The first-order valence-corrected chi connectivity index (χ1v) is 9.81. The Morgan fingerprint density at radius 1 is 0.963 bits per heavy atom. The minimum absolute atomic E-state index is 0. The summed E-state index contributed by atoms with van der Waals surface area (Å²) in [4.78, 5) is 11.4. The zero-order valence-corrected chi connectivity index (χ0v) is 16.7. The molecule has 0 saturated carbocycles. The fraction of sp³-hybridized carbons (Fsp3) is 0.348. The molecule has 0 amide bonds. The number of nitrogens with one attached hydrogen (secondary N) is 1. The summed E-state index contributed by atoms with van der Waals surface area (Å²) in [7, 11) is 0. The van der Waals surface area contributed by atoms with E-state index in [-0.39, 0.29) is 12.4 Å². The van der Waals surface area contributed by atoms with Gasteiger partial charge in [0.25, 0.3) is 0 Å². The molecule has 2 aromatic carbocycles. The van der Waals surface area contributed by atoms with Crippen LogP contribution in [-0.4, -0.2) is 28.0 Å². The van der Waals surface area contributed by atoms with Gasteiger partial charge in [-0.15, -0.1) is 12.4 Å². The molecule has 1 fully saturated rings. The number of imidazole rings is 1. The Kier molecular flexibility index (Phi) is 6.70. The molecule has 1 aromatic heterocycles. The molecule has 1 N–H and O–H groups in total. The van der Waals surface area contributed by atoms with Crippen molar-refractivity contribution in [3.8, 4) is 22.5 Å². The van der Waals surface area contributed by atoms with Gasteiger partial charge < -0.3 is 4.98 Å². The second-order valence-electron chi connectivity index (χ2n) is 7.13. The number of hydrogen-bond donors (Lipinski definition) is 1. The second-order valence-corrected chi connectivity index (χ2v) is 7.13. The molecule has 2 heterocycles. The fourth-order valence-corrected chi connectivity index (χ4v) is 4.02. The van der Waals surface area contributed by atoms with Crippen LogP contribution in [0.1, 0.15) is 44.5 Å². The summed E-state index contributed by atoms with van der Waals surface area (Å²) in [5.41, 5.74) is 4.57. The highest BCUT2D eigenvalue weighted by atomic mass is 35.5. The number of H-pyrrole nitrogens is 1. The van der Waals surface area contributed by atoms with Crippen molar-refractivity contribution in [3.05, 3.63) is 66.5 Å². The molecule has 1 saturated heterocycles. The van der Waals surface area contributed by atoms with Crippen molar-refractivity contribution >= 4 is 12.4 Å². The van der Waals surface area contributed by atoms with Crippen molar-refractivity contribution < 1.29 is 0 Å². The molecule has 1 atom stereocenters. The molecule has 3 aromatic rings. The number of benzene rings is 2. The zero-order valence-electron chi connectivity index (χ0n) is 15.9. The molecular formula is C23H28ClN3. The molecule has 1 aliphatic rings. The van der Waals surface area contributed by atoms with E-state index in [0.29, 0.717) is 6.04 Å². The maximum Gasteiger partial charge on any atom is 0.124 e. The average molecular weight is 382 g/mol. The van der Waals surface area contributed by atoms with E-state index >= 15 is 0 Å². The van der Waals surface area contributed by atoms with Gasteiger partial charge in [-0.05, 0) is 32.4 Å². The zero-order chi connectivity index (χ0) is 17.8. The normalized spacial score (nSPS) is 17.4. The lowest BCUT2D eigenvalue weighted by Crippen LogP contribution is -2.34. The topological polar surface area (TPSA) is 31.9 Å². The van der Waals surface area contributed by atoms with Crippen LogP contribution in [0, 0.1) is 0 Å². The standard InChI is InChI=1S/C23H27N3.ClH/c1-2-16-26-17-10-9-15-20(26)23-24-21(18-11-5-3-6-12-18)22(25-23)19-13-7-4-8-14-19;/h3-8,11-14,20H,2,9-10,15-17H2,1H3,(H,24,25);1H. The molecule has 4 rings (SSSR count). The Balaban J connectivity index is 0.00000210. The summed E-state index contributed by atoms with van der Waals surface area (Å²) in [6.07, 6.45) is 4.96. The summed E-state index contributed by atoms with van der Waals surface area (Å²) in [5.74, 6) is 1.12. The monoisotopic (exact) mass is 381 g/mol. The van der Waals surface area contributed by atoms with Crippen molar-refractivity contribution in [2.24, 2.45) is 0 Å². The Morgan fingerprint density at radius 3 is 2.30 bits per heavy atom. The SMILES string of the molecule is CCCN1CCCCC1c1nc(-c2ccccc2)c(-c2ccccc2)[nH]1.Cl. The average Bonchev–Trinajstić information content (AvgIpc) is 3.15. The minimum atomic E-state index is 0. The summed E-state index contributed by atoms with van der Waals surface area (Å²) in [5, 5.41) is 0. The second kappa shape index (κ2) is 9.20. The summed E-state index contributed by atoms with van der Waals surface area (Å²) in [6, 6.07) is 21.5. The van der Waals surface area contributed by atoms with E-state index in [0.717, 1.165) is 23.8 Å².